The number of amides is 3. The van der Waals surface area contributed by atoms with Crippen molar-refractivity contribution >= 4 is 34.5 Å². The van der Waals surface area contributed by atoms with Crippen molar-refractivity contribution in [2.45, 2.75) is 13.8 Å². The van der Waals surface area contributed by atoms with Crippen molar-refractivity contribution in [2.75, 3.05) is 19.0 Å². The molecule has 2 rings (SSSR count). The molecule has 0 saturated carbocycles. The number of carbonyl (C=O) groups excluding carboxylic acids is 3. The topological polar surface area (TPSA) is 75.7 Å². The monoisotopic (exact) mass is 320 g/mol. The number of hydrogen-bond acceptors (Lipinski definition) is 5. The number of rotatable bonds is 4. The minimum absolute atomic E-state index is 0.298. The molecule has 1 aromatic rings. The fourth-order valence-electron chi connectivity index (χ4n) is 1.86. The van der Waals surface area contributed by atoms with Gasteiger partial charge in [0, 0.05) is 5.69 Å². The lowest BCUT2D eigenvalue weighted by Gasteiger charge is -2.12. The maximum absolute atomic E-state index is 12.1. The Hall–Kier alpha value is -2.28. The Morgan fingerprint density at radius 3 is 2.36 bits per heavy atom. The fraction of sp³-hybridized carbons (Fsp3) is 0.267. The first-order valence-electron chi connectivity index (χ1n) is 6.57. The molecule has 1 aromatic carbocycles. The summed E-state index contributed by atoms with van der Waals surface area (Å²) in [5, 5.41) is 2.21. The zero-order chi connectivity index (χ0) is 16.3. The average molecular weight is 320 g/mol. The predicted octanol–water partition coefficient (Wildman–Crippen LogP) is 2.62. The molecule has 7 heteroatoms. The Bertz CT molecular complexity index is 648. The molecule has 1 saturated heterocycles. The van der Waals surface area contributed by atoms with Crippen molar-refractivity contribution in [2.24, 2.45) is 0 Å². The molecule has 0 spiro atoms. The molecule has 1 aliphatic heterocycles. The Kier molecular flexibility index (Phi) is 4.87. The standard InChI is InChI=1S/C15H16N2O4S/c1-9(2)13-14(19)17(15(20)22-13)8-12(18)16-10-4-6-11(21-3)7-5-10/h4-7H,8H2,1-3H3,(H,16,18). The fourth-order valence-corrected chi connectivity index (χ4v) is 2.70. The van der Waals surface area contributed by atoms with Gasteiger partial charge < -0.3 is 10.1 Å². The van der Waals surface area contributed by atoms with E-state index in [2.05, 4.69) is 5.32 Å². The van der Waals surface area contributed by atoms with E-state index in [0.717, 1.165) is 22.2 Å². The smallest absolute Gasteiger partial charge is 0.294 e. The van der Waals surface area contributed by atoms with Crippen LogP contribution in [-0.2, 0) is 9.59 Å². The van der Waals surface area contributed by atoms with Gasteiger partial charge in [-0.1, -0.05) is 5.57 Å². The Labute approximate surface area is 132 Å². The molecular formula is C15H16N2O4S. The van der Waals surface area contributed by atoms with Crippen LogP contribution in [0.4, 0.5) is 10.5 Å². The molecule has 22 heavy (non-hydrogen) atoms. The SMILES string of the molecule is COc1ccc(NC(=O)CN2C(=O)SC(=C(C)C)C2=O)cc1. The lowest BCUT2D eigenvalue weighted by molar-refractivity contribution is -0.127. The number of imide groups is 1. The first kappa shape index (κ1) is 16.1. The van der Waals surface area contributed by atoms with Gasteiger partial charge in [0.05, 0.1) is 12.0 Å². The highest BCUT2D eigenvalue weighted by Gasteiger charge is 2.36. The van der Waals surface area contributed by atoms with Crippen LogP contribution in [0.5, 0.6) is 5.75 Å². The molecule has 1 N–H and O–H groups in total. The van der Waals surface area contributed by atoms with Gasteiger partial charge in [-0.25, -0.2) is 0 Å². The van der Waals surface area contributed by atoms with Crippen LogP contribution in [0.25, 0.3) is 0 Å². The number of thioether (sulfide) groups is 1. The van der Waals surface area contributed by atoms with Gasteiger partial charge >= 0.3 is 0 Å². The van der Waals surface area contributed by atoms with Crippen LogP contribution in [0.3, 0.4) is 0 Å². The quantitative estimate of drug-likeness (QED) is 0.863. The van der Waals surface area contributed by atoms with Crippen molar-refractivity contribution in [1.29, 1.82) is 0 Å². The van der Waals surface area contributed by atoms with Gasteiger partial charge in [-0.15, -0.1) is 0 Å². The number of benzene rings is 1. The third kappa shape index (κ3) is 3.48. The number of anilines is 1. The molecular weight excluding hydrogens is 304 g/mol. The van der Waals surface area contributed by atoms with E-state index in [9.17, 15) is 14.4 Å². The highest BCUT2D eigenvalue weighted by Crippen LogP contribution is 2.32. The van der Waals surface area contributed by atoms with E-state index >= 15 is 0 Å². The minimum atomic E-state index is -0.428. The van der Waals surface area contributed by atoms with Crippen LogP contribution in [0.1, 0.15) is 13.8 Å². The molecule has 1 heterocycles. The van der Waals surface area contributed by atoms with Gasteiger partial charge in [-0.05, 0) is 49.9 Å². The summed E-state index contributed by atoms with van der Waals surface area (Å²) in [6.45, 7) is 3.22. The summed E-state index contributed by atoms with van der Waals surface area (Å²) in [5.74, 6) is -0.171. The zero-order valence-electron chi connectivity index (χ0n) is 12.5. The molecule has 6 nitrogen and oxygen atoms in total. The third-order valence-corrected chi connectivity index (χ3v) is 4.16. The third-order valence-electron chi connectivity index (χ3n) is 2.98. The number of ether oxygens (including phenoxy) is 1. The van der Waals surface area contributed by atoms with Gasteiger partial charge in [0.1, 0.15) is 12.3 Å². The van der Waals surface area contributed by atoms with Gasteiger partial charge in [-0.2, -0.15) is 0 Å². The summed E-state index contributed by atoms with van der Waals surface area (Å²) in [6.07, 6.45) is 0. The highest BCUT2D eigenvalue weighted by molar-refractivity contribution is 8.18. The van der Waals surface area contributed by atoms with Gasteiger partial charge in [0.15, 0.2) is 0 Å². The van der Waals surface area contributed by atoms with Crippen molar-refractivity contribution in [3.8, 4) is 5.75 Å². The van der Waals surface area contributed by atoms with E-state index in [1.807, 2.05) is 0 Å². The lowest BCUT2D eigenvalue weighted by Crippen LogP contribution is -2.36. The van der Waals surface area contributed by atoms with Crippen molar-refractivity contribution in [3.05, 3.63) is 34.7 Å². The Morgan fingerprint density at radius 2 is 1.86 bits per heavy atom. The van der Waals surface area contributed by atoms with Crippen molar-refractivity contribution in [3.63, 3.8) is 0 Å². The summed E-state index contributed by atoms with van der Waals surface area (Å²) in [5.41, 5.74) is 1.33. The second-order valence-corrected chi connectivity index (χ2v) is 5.83. The van der Waals surface area contributed by atoms with Crippen LogP contribution in [-0.4, -0.2) is 35.6 Å². The first-order chi connectivity index (χ1) is 10.4. The molecule has 0 aromatic heterocycles. The van der Waals surface area contributed by atoms with Gasteiger partial charge in [-0.3, -0.25) is 19.3 Å². The normalized spacial score (nSPS) is 14.3. The molecule has 0 radical (unpaired) electrons. The molecule has 0 aliphatic carbocycles. The molecule has 1 fully saturated rings. The molecule has 3 amide bonds. The van der Waals surface area contributed by atoms with Crippen LogP contribution in [0, 0.1) is 0 Å². The van der Waals surface area contributed by atoms with E-state index < -0.39 is 17.1 Å². The largest absolute Gasteiger partial charge is 0.497 e. The number of nitrogens with one attached hydrogen (secondary N) is 1. The first-order valence-corrected chi connectivity index (χ1v) is 7.39. The summed E-state index contributed by atoms with van der Waals surface area (Å²) < 4.78 is 5.03. The number of methoxy groups -OCH3 is 1. The summed E-state index contributed by atoms with van der Waals surface area (Å²) >= 11 is 0.864. The van der Waals surface area contributed by atoms with E-state index in [1.54, 1.807) is 45.2 Å². The van der Waals surface area contributed by atoms with Crippen LogP contribution in [0.2, 0.25) is 0 Å². The molecule has 116 valence electrons. The summed E-state index contributed by atoms with van der Waals surface area (Å²) in [7, 11) is 1.55. The minimum Gasteiger partial charge on any atom is -0.497 e. The number of nitrogens with zero attached hydrogens (tertiary/aromatic N) is 1. The Morgan fingerprint density at radius 1 is 1.23 bits per heavy atom. The summed E-state index contributed by atoms with van der Waals surface area (Å²) in [4.78, 5) is 37.2. The summed E-state index contributed by atoms with van der Waals surface area (Å²) in [6, 6.07) is 6.78. The van der Waals surface area contributed by atoms with E-state index in [-0.39, 0.29) is 6.54 Å². The maximum Gasteiger partial charge on any atom is 0.294 e. The second kappa shape index (κ2) is 6.65. The van der Waals surface area contributed by atoms with E-state index in [0.29, 0.717) is 16.3 Å². The molecule has 0 unspecified atom stereocenters. The number of allylic oxidation sites excluding steroid dienone is 1. The van der Waals surface area contributed by atoms with Gasteiger partial charge in [0.2, 0.25) is 5.91 Å². The van der Waals surface area contributed by atoms with E-state index in [1.165, 1.54) is 0 Å². The number of carbonyl (C=O) groups is 3. The maximum atomic E-state index is 12.1. The number of hydrogen-bond donors (Lipinski definition) is 1. The Balaban J connectivity index is 2.01. The van der Waals surface area contributed by atoms with Crippen LogP contribution < -0.4 is 10.1 Å². The molecule has 0 bridgehead atoms. The average Bonchev–Trinajstić information content (AvgIpc) is 2.76. The lowest BCUT2D eigenvalue weighted by atomic mass is 10.3. The van der Waals surface area contributed by atoms with Crippen LogP contribution in [0.15, 0.2) is 34.7 Å². The van der Waals surface area contributed by atoms with Crippen molar-refractivity contribution < 1.29 is 19.1 Å². The highest BCUT2D eigenvalue weighted by atomic mass is 32.2. The predicted molar refractivity (Wildman–Crippen MR) is 84.7 cm³/mol. The van der Waals surface area contributed by atoms with E-state index in [4.69, 9.17) is 4.74 Å². The molecule has 0 atom stereocenters. The zero-order valence-corrected chi connectivity index (χ0v) is 13.3. The second-order valence-electron chi connectivity index (χ2n) is 4.87. The van der Waals surface area contributed by atoms with Crippen LogP contribution >= 0.6 is 11.8 Å². The van der Waals surface area contributed by atoms with Gasteiger partial charge in [0.25, 0.3) is 11.1 Å². The van der Waals surface area contributed by atoms with Crippen molar-refractivity contribution in [1.82, 2.24) is 4.90 Å². The molecule has 1 aliphatic rings.